The summed E-state index contributed by atoms with van der Waals surface area (Å²) in [6.07, 6.45) is 1.65. The molecule has 7 nitrogen and oxygen atoms in total. The quantitative estimate of drug-likeness (QED) is 0.135. The van der Waals surface area contributed by atoms with E-state index in [0.717, 1.165) is 15.8 Å². The molecule has 0 aliphatic carbocycles. The van der Waals surface area contributed by atoms with Crippen LogP contribution in [0.15, 0.2) is 78.9 Å². The predicted octanol–water partition coefficient (Wildman–Crippen LogP) is 6.11. The van der Waals surface area contributed by atoms with Gasteiger partial charge in [0, 0.05) is 5.56 Å². The van der Waals surface area contributed by atoms with Gasteiger partial charge in [-0.05, 0) is 61.4 Å². The molecule has 1 aliphatic rings. The summed E-state index contributed by atoms with van der Waals surface area (Å²) in [5, 5.41) is 11.9. The lowest BCUT2D eigenvalue weighted by Gasteiger charge is -2.23. The average Bonchev–Trinajstić information content (AvgIpc) is 3.46. The number of anilines is 1. The molecule has 192 valence electrons. The maximum atomic E-state index is 13.5. The van der Waals surface area contributed by atoms with E-state index in [2.05, 4.69) is 11.6 Å². The number of benzene rings is 3. The van der Waals surface area contributed by atoms with Crippen LogP contribution in [0.5, 0.6) is 11.5 Å². The van der Waals surface area contributed by atoms with Gasteiger partial charge in [0.25, 0.3) is 5.78 Å². The van der Waals surface area contributed by atoms with E-state index in [1.54, 1.807) is 43.5 Å². The summed E-state index contributed by atoms with van der Waals surface area (Å²) in [4.78, 5) is 33.1. The number of aryl methyl sites for hydroxylation is 2. The second-order valence-corrected chi connectivity index (χ2v) is 10.00. The van der Waals surface area contributed by atoms with E-state index in [1.165, 1.54) is 16.2 Å². The Kier molecular flexibility index (Phi) is 6.73. The number of aliphatic hydroxyl groups is 1. The van der Waals surface area contributed by atoms with Crippen LogP contribution in [-0.2, 0) is 9.59 Å². The molecule has 1 unspecified atom stereocenters. The van der Waals surface area contributed by atoms with E-state index in [4.69, 9.17) is 9.47 Å². The highest BCUT2D eigenvalue weighted by Gasteiger charge is 2.48. The van der Waals surface area contributed by atoms with Gasteiger partial charge in [-0.1, -0.05) is 53.8 Å². The number of nitrogens with zero attached hydrogens (tertiary/aromatic N) is 2. The molecule has 4 aromatic rings. The Morgan fingerprint density at radius 1 is 1.08 bits per heavy atom. The van der Waals surface area contributed by atoms with Gasteiger partial charge in [0.2, 0.25) is 0 Å². The molecular formula is C30H26N2O5S. The van der Waals surface area contributed by atoms with Gasteiger partial charge in [0.1, 0.15) is 23.9 Å². The fraction of sp³-hybridized carbons (Fsp3) is 0.167. The fourth-order valence-electron chi connectivity index (χ4n) is 4.51. The number of carbonyl (C=O) groups is 2. The predicted molar refractivity (Wildman–Crippen MR) is 149 cm³/mol. The molecule has 1 aliphatic heterocycles. The van der Waals surface area contributed by atoms with E-state index in [9.17, 15) is 14.7 Å². The molecule has 8 heteroatoms. The maximum Gasteiger partial charge on any atom is 0.301 e. The zero-order valence-electron chi connectivity index (χ0n) is 21.2. The third kappa shape index (κ3) is 4.43. The number of thiazole rings is 1. The molecule has 1 atom stereocenters. The van der Waals surface area contributed by atoms with Gasteiger partial charge in [-0.3, -0.25) is 14.5 Å². The van der Waals surface area contributed by atoms with Crippen LogP contribution in [0.1, 0.15) is 28.3 Å². The SMILES string of the molecule is C=CCOc1ccc(C2C(=C(O)c3cc(C)ccc3C)C(=O)C(=O)N2c2nc3ccc(OC)cc3s2)cc1. The van der Waals surface area contributed by atoms with E-state index in [0.29, 0.717) is 39.9 Å². The Morgan fingerprint density at radius 3 is 2.53 bits per heavy atom. The average molecular weight is 527 g/mol. The third-order valence-electron chi connectivity index (χ3n) is 6.45. The smallest absolute Gasteiger partial charge is 0.301 e. The van der Waals surface area contributed by atoms with Crippen LogP contribution >= 0.6 is 11.3 Å². The second kappa shape index (κ2) is 10.1. The number of ether oxygens (including phenoxy) is 2. The van der Waals surface area contributed by atoms with Crippen LogP contribution in [0.3, 0.4) is 0 Å². The van der Waals surface area contributed by atoms with Gasteiger partial charge >= 0.3 is 5.91 Å². The Morgan fingerprint density at radius 2 is 1.82 bits per heavy atom. The molecule has 38 heavy (non-hydrogen) atoms. The van der Waals surface area contributed by atoms with Crippen molar-refractivity contribution < 1.29 is 24.2 Å². The van der Waals surface area contributed by atoms with Crippen molar-refractivity contribution in [3.63, 3.8) is 0 Å². The summed E-state index contributed by atoms with van der Waals surface area (Å²) in [5.74, 6) is -0.451. The number of fused-ring (bicyclic) bond motifs is 1. The summed E-state index contributed by atoms with van der Waals surface area (Å²) in [6.45, 7) is 7.77. The topological polar surface area (TPSA) is 89.0 Å². The molecule has 1 fully saturated rings. The number of Topliss-reactive ketones (excluding diaryl/α,β-unsaturated/α-hetero) is 1. The van der Waals surface area contributed by atoms with E-state index >= 15 is 0 Å². The monoisotopic (exact) mass is 526 g/mol. The number of amides is 1. The number of rotatable bonds is 7. The first-order chi connectivity index (χ1) is 18.3. The molecule has 1 amide bonds. The fourth-order valence-corrected chi connectivity index (χ4v) is 5.53. The second-order valence-electron chi connectivity index (χ2n) is 8.99. The Balaban J connectivity index is 1.70. The molecular weight excluding hydrogens is 500 g/mol. The van der Waals surface area contributed by atoms with Gasteiger partial charge in [0.15, 0.2) is 5.13 Å². The van der Waals surface area contributed by atoms with Crippen molar-refractivity contribution in [1.29, 1.82) is 0 Å². The first kappa shape index (κ1) is 25.2. The zero-order valence-corrected chi connectivity index (χ0v) is 22.0. The summed E-state index contributed by atoms with van der Waals surface area (Å²) < 4.78 is 11.7. The molecule has 0 bridgehead atoms. The summed E-state index contributed by atoms with van der Waals surface area (Å²) in [7, 11) is 1.58. The van der Waals surface area contributed by atoms with E-state index in [1.807, 2.05) is 44.2 Å². The van der Waals surface area contributed by atoms with Gasteiger partial charge < -0.3 is 14.6 Å². The molecule has 0 radical (unpaired) electrons. The van der Waals surface area contributed by atoms with Crippen molar-refractivity contribution in [2.75, 3.05) is 18.6 Å². The largest absolute Gasteiger partial charge is 0.507 e. The van der Waals surface area contributed by atoms with Crippen LogP contribution in [0.4, 0.5) is 5.13 Å². The van der Waals surface area contributed by atoms with Gasteiger partial charge in [-0.25, -0.2) is 4.98 Å². The first-order valence-electron chi connectivity index (χ1n) is 12.0. The molecule has 3 aromatic carbocycles. The Bertz CT molecular complexity index is 1600. The van der Waals surface area contributed by atoms with Crippen molar-refractivity contribution in [3.8, 4) is 11.5 Å². The molecule has 1 N–H and O–H groups in total. The highest BCUT2D eigenvalue weighted by Crippen LogP contribution is 2.45. The number of aromatic nitrogens is 1. The molecule has 1 saturated heterocycles. The first-order valence-corrected chi connectivity index (χ1v) is 12.8. The van der Waals surface area contributed by atoms with E-state index in [-0.39, 0.29) is 11.3 Å². The van der Waals surface area contributed by atoms with Crippen LogP contribution < -0.4 is 14.4 Å². The van der Waals surface area contributed by atoms with Crippen LogP contribution in [0.25, 0.3) is 16.0 Å². The number of methoxy groups -OCH3 is 1. The third-order valence-corrected chi connectivity index (χ3v) is 7.46. The Labute approximate surface area is 224 Å². The van der Waals surface area contributed by atoms with Gasteiger partial charge in [-0.2, -0.15) is 0 Å². The molecule has 1 aromatic heterocycles. The normalized spacial score (nSPS) is 16.7. The number of aliphatic hydroxyl groups excluding tert-OH is 1. The summed E-state index contributed by atoms with van der Waals surface area (Å²) in [6, 6.07) is 17.3. The highest BCUT2D eigenvalue weighted by molar-refractivity contribution is 7.22. The van der Waals surface area contributed by atoms with Crippen molar-refractivity contribution in [1.82, 2.24) is 4.98 Å². The lowest BCUT2D eigenvalue weighted by Crippen LogP contribution is -2.29. The zero-order chi connectivity index (χ0) is 27.0. The van der Waals surface area contributed by atoms with Crippen molar-refractivity contribution in [3.05, 3.63) is 101 Å². The summed E-state index contributed by atoms with van der Waals surface area (Å²) >= 11 is 1.28. The lowest BCUT2D eigenvalue weighted by atomic mass is 9.93. The van der Waals surface area contributed by atoms with Crippen molar-refractivity contribution >= 4 is 44.1 Å². The highest BCUT2D eigenvalue weighted by atomic mass is 32.1. The van der Waals surface area contributed by atoms with Gasteiger partial charge in [0.05, 0.1) is 28.9 Å². The number of ketones is 1. The maximum absolute atomic E-state index is 13.5. The molecule has 2 heterocycles. The van der Waals surface area contributed by atoms with Crippen LogP contribution in [0, 0.1) is 13.8 Å². The van der Waals surface area contributed by atoms with Crippen LogP contribution in [-0.4, -0.2) is 35.5 Å². The lowest BCUT2D eigenvalue weighted by molar-refractivity contribution is -0.132. The Hall–Kier alpha value is -4.43. The minimum absolute atomic E-state index is 0.0142. The standard InChI is InChI=1S/C30H26N2O5S/c1-5-14-37-20-10-8-19(9-11-20)26-25(27(33)22-15-17(2)6-7-18(22)3)28(34)29(35)32(26)30-31-23-13-12-21(36-4)16-24(23)38-30/h5-13,15-16,26,33H,1,14H2,2-4H3. The molecule has 0 saturated carbocycles. The van der Waals surface area contributed by atoms with E-state index < -0.39 is 17.7 Å². The molecule has 5 rings (SSSR count). The number of hydrogen-bond donors (Lipinski definition) is 1. The minimum Gasteiger partial charge on any atom is -0.507 e. The minimum atomic E-state index is -0.883. The number of carbonyl (C=O) groups excluding carboxylic acids is 2. The van der Waals surface area contributed by atoms with Crippen molar-refractivity contribution in [2.45, 2.75) is 19.9 Å². The van der Waals surface area contributed by atoms with Gasteiger partial charge in [-0.15, -0.1) is 0 Å². The number of hydrogen-bond acceptors (Lipinski definition) is 7. The summed E-state index contributed by atoms with van der Waals surface area (Å²) in [5.41, 5.74) is 3.55. The van der Waals surface area contributed by atoms with Crippen molar-refractivity contribution in [2.24, 2.45) is 0 Å². The van der Waals surface area contributed by atoms with Crippen LogP contribution in [0.2, 0.25) is 0 Å². The molecule has 0 spiro atoms.